The summed E-state index contributed by atoms with van der Waals surface area (Å²) in [6.07, 6.45) is 2.97. The third-order valence-electron chi connectivity index (χ3n) is 4.17. The average molecular weight is 359 g/mol. The molecule has 2 heterocycles. The van der Waals surface area contributed by atoms with Gasteiger partial charge >= 0.3 is 0 Å². The third kappa shape index (κ3) is 4.57. The highest BCUT2D eigenvalue weighted by Gasteiger charge is 2.22. The topological polar surface area (TPSA) is 70.6 Å². The molecule has 1 aliphatic rings. The summed E-state index contributed by atoms with van der Waals surface area (Å²) in [5, 5.41) is 0. The van der Waals surface area contributed by atoms with E-state index in [2.05, 4.69) is 9.88 Å². The maximum absolute atomic E-state index is 12.6. The van der Waals surface area contributed by atoms with Crippen LogP contribution in [0.5, 0.6) is 0 Å². The van der Waals surface area contributed by atoms with Crippen LogP contribution in [0.4, 0.5) is 5.82 Å². The molecule has 3 rings (SSSR count). The van der Waals surface area contributed by atoms with Gasteiger partial charge < -0.3 is 9.80 Å². The molecule has 0 unspecified atom stereocenters. The van der Waals surface area contributed by atoms with Crippen molar-refractivity contribution in [1.82, 2.24) is 9.88 Å². The summed E-state index contributed by atoms with van der Waals surface area (Å²) in [7, 11) is -3.07. The fourth-order valence-corrected chi connectivity index (χ4v) is 3.71. The second-order valence-electron chi connectivity index (χ2n) is 6.23. The second kappa shape index (κ2) is 7.23. The Morgan fingerprint density at radius 3 is 2.28 bits per heavy atom. The largest absolute Gasteiger partial charge is 0.353 e. The van der Waals surface area contributed by atoms with Gasteiger partial charge in [-0.15, -0.1) is 0 Å². The highest BCUT2D eigenvalue weighted by molar-refractivity contribution is 7.89. The van der Waals surface area contributed by atoms with Gasteiger partial charge in [0.05, 0.1) is 5.75 Å². The van der Waals surface area contributed by atoms with Crippen LogP contribution in [0.25, 0.3) is 0 Å². The molecule has 1 saturated heterocycles. The molecule has 0 saturated carbocycles. The monoisotopic (exact) mass is 359 g/mol. The van der Waals surface area contributed by atoms with E-state index in [9.17, 15) is 13.2 Å². The van der Waals surface area contributed by atoms with Crippen molar-refractivity contribution in [3.63, 3.8) is 0 Å². The number of piperazine rings is 1. The average Bonchev–Trinajstić information content (AvgIpc) is 2.61. The van der Waals surface area contributed by atoms with Gasteiger partial charge in [-0.05, 0) is 29.8 Å². The Morgan fingerprint density at radius 1 is 1.04 bits per heavy atom. The zero-order chi connectivity index (χ0) is 17.9. The van der Waals surface area contributed by atoms with Crippen molar-refractivity contribution in [1.29, 1.82) is 0 Å². The Labute approximate surface area is 148 Å². The Morgan fingerprint density at radius 2 is 1.72 bits per heavy atom. The third-order valence-corrected chi connectivity index (χ3v) is 5.03. The van der Waals surface area contributed by atoms with E-state index >= 15 is 0 Å². The van der Waals surface area contributed by atoms with Gasteiger partial charge in [0.1, 0.15) is 5.82 Å². The molecule has 6 nitrogen and oxygen atoms in total. The first kappa shape index (κ1) is 17.4. The number of pyridine rings is 1. The van der Waals surface area contributed by atoms with E-state index in [1.807, 2.05) is 23.1 Å². The Bertz CT molecular complexity index is 828. The molecule has 1 fully saturated rings. The van der Waals surface area contributed by atoms with E-state index < -0.39 is 9.84 Å². The summed E-state index contributed by atoms with van der Waals surface area (Å²) >= 11 is 0. The molecular formula is C18H21N3O3S. The van der Waals surface area contributed by atoms with Crippen molar-refractivity contribution < 1.29 is 13.2 Å². The van der Waals surface area contributed by atoms with Gasteiger partial charge in [0.15, 0.2) is 9.84 Å². The Kier molecular flexibility index (Phi) is 5.03. The van der Waals surface area contributed by atoms with Crippen LogP contribution in [0.1, 0.15) is 15.9 Å². The fraction of sp³-hybridized carbons (Fsp3) is 0.333. The van der Waals surface area contributed by atoms with Crippen molar-refractivity contribution in [3.8, 4) is 0 Å². The van der Waals surface area contributed by atoms with Crippen LogP contribution in [-0.2, 0) is 15.6 Å². The van der Waals surface area contributed by atoms with E-state index in [1.54, 1.807) is 30.5 Å². The van der Waals surface area contributed by atoms with E-state index in [4.69, 9.17) is 0 Å². The summed E-state index contributed by atoms with van der Waals surface area (Å²) in [4.78, 5) is 20.9. The predicted octanol–water partition coefficient (Wildman–Crippen LogP) is 1.59. The molecule has 7 heteroatoms. The first-order chi connectivity index (χ1) is 11.9. The lowest BCUT2D eigenvalue weighted by atomic mass is 10.1. The molecule has 1 amide bonds. The maximum atomic E-state index is 12.6. The van der Waals surface area contributed by atoms with E-state index in [0.717, 1.165) is 18.9 Å². The van der Waals surface area contributed by atoms with Gasteiger partial charge in [0, 0.05) is 44.2 Å². The van der Waals surface area contributed by atoms with Gasteiger partial charge in [0.25, 0.3) is 5.91 Å². The number of nitrogens with zero attached hydrogens (tertiary/aromatic N) is 3. The Hall–Kier alpha value is -2.41. The van der Waals surface area contributed by atoms with Gasteiger partial charge in [-0.25, -0.2) is 13.4 Å². The fourth-order valence-electron chi connectivity index (χ4n) is 2.91. The van der Waals surface area contributed by atoms with Gasteiger partial charge in [0.2, 0.25) is 0 Å². The number of carbonyl (C=O) groups is 1. The molecule has 132 valence electrons. The smallest absolute Gasteiger partial charge is 0.253 e. The van der Waals surface area contributed by atoms with Crippen LogP contribution in [0.3, 0.4) is 0 Å². The van der Waals surface area contributed by atoms with E-state index in [1.165, 1.54) is 6.26 Å². The number of hydrogen-bond acceptors (Lipinski definition) is 5. The van der Waals surface area contributed by atoms with Crippen molar-refractivity contribution in [2.75, 3.05) is 37.3 Å². The molecule has 0 radical (unpaired) electrons. The number of hydrogen-bond donors (Lipinski definition) is 0. The van der Waals surface area contributed by atoms with E-state index in [0.29, 0.717) is 24.2 Å². The van der Waals surface area contributed by atoms with Gasteiger partial charge in [-0.2, -0.15) is 0 Å². The molecule has 0 aliphatic carbocycles. The highest BCUT2D eigenvalue weighted by atomic mass is 32.2. The molecule has 1 aliphatic heterocycles. The molecule has 0 spiro atoms. The van der Waals surface area contributed by atoms with Crippen molar-refractivity contribution >= 4 is 21.6 Å². The molecule has 1 aromatic carbocycles. The zero-order valence-electron chi connectivity index (χ0n) is 14.1. The second-order valence-corrected chi connectivity index (χ2v) is 8.37. The minimum atomic E-state index is -3.07. The number of benzene rings is 1. The SMILES string of the molecule is CS(=O)(=O)Cc1ccc(C(=O)N2CCN(c3ccccn3)CC2)cc1. The van der Waals surface area contributed by atoms with Gasteiger partial charge in [-0.3, -0.25) is 4.79 Å². The summed E-state index contributed by atoms with van der Waals surface area (Å²) in [6.45, 7) is 2.77. The highest BCUT2D eigenvalue weighted by Crippen LogP contribution is 2.15. The minimum Gasteiger partial charge on any atom is -0.353 e. The lowest BCUT2D eigenvalue weighted by Gasteiger charge is -2.35. The number of carbonyl (C=O) groups excluding carboxylic acids is 1. The molecule has 1 aromatic heterocycles. The lowest BCUT2D eigenvalue weighted by molar-refractivity contribution is 0.0746. The zero-order valence-corrected chi connectivity index (χ0v) is 14.9. The summed E-state index contributed by atoms with van der Waals surface area (Å²) in [5.41, 5.74) is 1.28. The molecule has 0 bridgehead atoms. The molecule has 0 N–H and O–H groups in total. The molecule has 25 heavy (non-hydrogen) atoms. The summed E-state index contributed by atoms with van der Waals surface area (Å²) in [6, 6.07) is 12.6. The number of anilines is 1. The van der Waals surface area contributed by atoms with Crippen molar-refractivity contribution in [2.24, 2.45) is 0 Å². The van der Waals surface area contributed by atoms with Crippen LogP contribution in [0, 0.1) is 0 Å². The first-order valence-electron chi connectivity index (χ1n) is 8.14. The minimum absolute atomic E-state index is 0.00970. The quantitative estimate of drug-likeness (QED) is 0.829. The van der Waals surface area contributed by atoms with Crippen LogP contribution in [0.15, 0.2) is 48.7 Å². The first-order valence-corrected chi connectivity index (χ1v) is 10.2. The van der Waals surface area contributed by atoms with Crippen LogP contribution < -0.4 is 4.90 Å². The van der Waals surface area contributed by atoms with Crippen molar-refractivity contribution in [3.05, 3.63) is 59.8 Å². The van der Waals surface area contributed by atoms with Gasteiger partial charge in [-0.1, -0.05) is 18.2 Å². The van der Waals surface area contributed by atoms with Crippen molar-refractivity contribution in [2.45, 2.75) is 5.75 Å². The number of sulfone groups is 1. The standard InChI is InChI=1S/C18H21N3O3S/c1-25(23,24)14-15-5-7-16(8-6-15)18(22)21-12-10-20(11-13-21)17-4-2-3-9-19-17/h2-9H,10-14H2,1H3. The Balaban J connectivity index is 1.61. The molecular weight excluding hydrogens is 338 g/mol. The summed E-state index contributed by atoms with van der Waals surface area (Å²) < 4.78 is 22.7. The predicted molar refractivity (Wildman–Crippen MR) is 97.3 cm³/mol. The maximum Gasteiger partial charge on any atom is 0.253 e. The number of aromatic nitrogens is 1. The number of rotatable bonds is 4. The molecule has 2 aromatic rings. The van der Waals surface area contributed by atoms with E-state index in [-0.39, 0.29) is 11.7 Å². The lowest BCUT2D eigenvalue weighted by Crippen LogP contribution is -2.49. The normalized spacial score (nSPS) is 15.2. The summed E-state index contributed by atoms with van der Waals surface area (Å²) in [5.74, 6) is 0.899. The molecule has 0 atom stereocenters. The number of amides is 1. The van der Waals surface area contributed by atoms with Crippen LogP contribution >= 0.6 is 0 Å². The van der Waals surface area contributed by atoms with Crippen LogP contribution in [0.2, 0.25) is 0 Å². The van der Waals surface area contributed by atoms with Crippen LogP contribution in [-0.4, -0.2) is 56.6 Å².